The Bertz CT molecular complexity index is 544. The van der Waals surface area contributed by atoms with Crippen LogP contribution in [0.4, 0.5) is 4.79 Å². The zero-order valence-corrected chi connectivity index (χ0v) is 15.4. The molecule has 1 saturated carbocycles. The van der Waals surface area contributed by atoms with Crippen molar-refractivity contribution < 1.29 is 14.4 Å². The molecule has 0 radical (unpaired) electrons. The molecule has 0 bridgehead atoms. The van der Waals surface area contributed by atoms with E-state index in [1.54, 1.807) is 19.0 Å². The molecule has 25 heavy (non-hydrogen) atoms. The van der Waals surface area contributed by atoms with Crippen LogP contribution >= 0.6 is 0 Å². The van der Waals surface area contributed by atoms with Gasteiger partial charge in [-0.3, -0.25) is 9.59 Å². The fourth-order valence-electron chi connectivity index (χ4n) is 4.55. The minimum atomic E-state index is -0.387. The van der Waals surface area contributed by atoms with E-state index in [9.17, 15) is 14.4 Å². The SMILES string of the molecule is CN(C)C(=O)NCC(=O)N1CC[C@]2(CCCN(C3CCCC3)C2=O)C1. The summed E-state index contributed by atoms with van der Waals surface area (Å²) in [7, 11) is 3.28. The number of urea groups is 1. The second kappa shape index (κ2) is 7.22. The van der Waals surface area contributed by atoms with Crippen molar-refractivity contribution in [1.82, 2.24) is 20.0 Å². The van der Waals surface area contributed by atoms with Gasteiger partial charge in [0.25, 0.3) is 0 Å². The maximum absolute atomic E-state index is 13.2. The molecule has 2 saturated heterocycles. The zero-order valence-electron chi connectivity index (χ0n) is 15.4. The van der Waals surface area contributed by atoms with Crippen LogP contribution < -0.4 is 5.32 Å². The summed E-state index contributed by atoms with van der Waals surface area (Å²) in [6.45, 7) is 1.98. The normalized spacial score (nSPS) is 27.2. The number of hydrogen-bond donors (Lipinski definition) is 1. The lowest BCUT2D eigenvalue weighted by Gasteiger charge is -2.42. The Morgan fingerprint density at radius 3 is 2.56 bits per heavy atom. The molecule has 0 unspecified atom stereocenters. The topological polar surface area (TPSA) is 73.0 Å². The van der Waals surface area contributed by atoms with Crippen LogP contribution in [0.25, 0.3) is 0 Å². The first kappa shape index (κ1) is 18.0. The number of carbonyl (C=O) groups excluding carboxylic acids is 3. The lowest BCUT2D eigenvalue weighted by atomic mass is 9.77. The molecule has 7 heteroatoms. The van der Waals surface area contributed by atoms with Crippen LogP contribution in [0.15, 0.2) is 0 Å². The van der Waals surface area contributed by atoms with Gasteiger partial charge in [-0.25, -0.2) is 4.79 Å². The predicted octanol–water partition coefficient (Wildman–Crippen LogP) is 1.04. The molecule has 1 spiro atoms. The monoisotopic (exact) mass is 350 g/mol. The van der Waals surface area contributed by atoms with Gasteiger partial charge < -0.3 is 20.0 Å². The molecule has 0 aromatic carbocycles. The van der Waals surface area contributed by atoms with Gasteiger partial charge >= 0.3 is 6.03 Å². The Morgan fingerprint density at radius 2 is 1.88 bits per heavy atom. The molecule has 7 nitrogen and oxygen atoms in total. The number of rotatable bonds is 3. The van der Waals surface area contributed by atoms with E-state index in [0.29, 0.717) is 19.1 Å². The highest BCUT2D eigenvalue weighted by Crippen LogP contribution is 2.42. The summed E-state index contributed by atoms with van der Waals surface area (Å²) in [5, 5.41) is 2.62. The van der Waals surface area contributed by atoms with Crippen LogP contribution in [0.1, 0.15) is 44.9 Å². The van der Waals surface area contributed by atoms with E-state index >= 15 is 0 Å². The highest BCUT2D eigenvalue weighted by atomic mass is 16.2. The average Bonchev–Trinajstić information content (AvgIpc) is 3.25. The summed E-state index contributed by atoms with van der Waals surface area (Å²) in [5.41, 5.74) is -0.387. The fraction of sp³-hybridized carbons (Fsp3) is 0.833. The predicted molar refractivity (Wildman–Crippen MR) is 93.9 cm³/mol. The number of nitrogens with one attached hydrogen (secondary N) is 1. The Hall–Kier alpha value is -1.79. The summed E-state index contributed by atoms with van der Waals surface area (Å²) < 4.78 is 0. The Kier molecular flexibility index (Phi) is 5.20. The van der Waals surface area contributed by atoms with Crippen molar-refractivity contribution >= 4 is 17.8 Å². The molecule has 3 rings (SSSR count). The summed E-state index contributed by atoms with van der Waals surface area (Å²) in [6.07, 6.45) is 7.35. The van der Waals surface area contributed by atoms with Crippen molar-refractivity contribution in [2.24, 2.45) is 5.41 Å². The van der Waals surface area contributed by atoms with Gasteiger partial charge in [0.15, 0.2) is 0 Å². The molecule has 2 aliphatic heterocycles. The molecule has 1 aliphatic carbocycles. The van der Waals surface area contributed by atoms with E-state index in [4.69, 9.17) is 0 Å². The van der Waals surface area contributed by atoms with E-state index in [-0.39, 0.29) is 29.8 Å². The van der Waals surface area contributed by atoms with Crippen molar-refractivity contribution in [2.45, 2.75) is 51.0 Å². The third-order valence-corrected chi connectivity index (χ3v) is 6.04. The number of amides is 4. The minimum absolute atomic E-state index is 0.00633. The van der Waals surface area contributed by atoms with Crippen molar-refractivity contribution in [1.29, 1.82) is 0 Å². The molecule has 4 amide bonds. The zero-order chi connectivity index (χ0) is 18.0. The van der Waals surface area contributed by atoms with Crippen LogP contribution in [0, 0.1) is 5.41 Å². The number of nitrogens with zero attached hydrogens (tertiary/aromatic N) is 3. The standard InChI is InChI=1S/C18H30N4O3/c1-20(2)17(25)19-12-15(23)21-11-9-18(13-21)8-5-10-22(16(18)24)14-6-3-4-7-14/h14H,3-13H2,1-2H3,(H,19,25)/t18-/m1/s1. The third-order valence-electron chi connectivity index (χ3n) is 6.04. The molecule has 1 atom stereocenters. The van der Waals surface area contributed by atoms with Crippen molar-refractivity contribution in [3.63, 3.8) is 0 Å². The van der Waals surface area contributed by atoms with Crippen molar-refractivity contribution in [3.05, 3.63) is 0 Å². The van der Waals surface area contributed by atoms with Gasteiger partial charge in [-0.15, -0.1) is 0 Å². The van der Waals surface area contributed by atoms with E-state index in [0.717, 1.165) is 38.6 Å². The van der Waals surface area contributed by atoms with Gasteiger partial charge in [0.2, 0.25) is 11.8 Å². The molecule has 3 aliphatic rings. The highest BCUT2D eigenvalue weighted by Gasteiger charge is 2.50. The molecule has 1 N–H and O–H groups in total. The maximum Gasteiger partial charge on any atom is 0.317 e. The molecule has 140 valence electrons. The Labute approximate surface area is 149 Å². The first-order valence-electron chi connectivity index (χ1n) is 9.47. The highest BCUT2D eigenvalue weighted by molar-refractivity contribution is 5.88. The third kappa shape index (κ3) is 3.60. The van der Waals surface area contributed by atoms with E-state index in [1.807, 2.05) is 0 Å². The Balaban J connectivity index is 1.59. The van der Waals surface area contributed by atoms with Crippen molar-refractivity contribution in [2.75, 3.05) is 40.3 Å². The second-order valence-corrected chi connectivity index (χ2v) is 7.94. The summed E-state index contributed by atoms with van der Waals surface area (Å²) in [6, 6.07) is 0.136. The lowest BCUT2D eigenvalue weighted by Crippen LogP contribution is -2.53. The number of likely N-dealkylation sites (tertiary alicyclic amines) is 2. The summed E-state index contributed by atoms with van der Waals surface area (Å²) in [4.78, 5) is 42.4. The van der Waals surface area contributed by atoms with Crippen LogP contribution in [-0.2, 0) is 9.59 Å². The molecule has 3 fully saturated rings. The fourth-order valence-corrected chi connectivity index (χ4v) is 4.55. The van der Waals surface area contributed by atoms with Crippen molar-refractivity contribution in [3.8, 4) is 0 Å². The smallest absolute Gasteiger partial charge is 0.317 e. The van der Waals surface area contributed by atoms with Crippen LogP contribution in [0.2, 0.25) is 0 Å². The van der Waals surface area contributed by atoms with Gasteiger partial charge in [0.05, 0.1) is 12.0 Å². The summed E-state index contributed by atoms with van der Waals surface area (Å²) in [5.74, 6) is 0.163. The van der Waals surface area contributed by atoms with Gasteiger partial charge in [0.1, 0.15) is 0 Å². The molecule has 2 heterocycles. The molecule has 0 aromatic heterocycles. The maximum atomic E-state index is 13.2. The van der Waals surface area contributed by atoms with Gasteiger partial charge in [-0.1, -0.05) is 12.8 Å². The molecule has 0 aromatic rings. The van der Waals surface area contributed by atoms with Crippen LogP contribution in [-0.4, -0.2) is 78.9 Å². The van der Waals surface area contributed by atoms with Gasteiger partial charge in [-0.05, 0) is 32.1 Å². The van der Waals surface area contributed by atoms with Gasteiger partial charge in [0, 0.05) is 39.8 Å². The van der Waals surface area contributed by atoms with E-state index in [1.165, 1.54) is 17.7 Å². The van der Waals surface area contributed by atoms with E-state index in [2.05, 4.69) is 10.2 Å². The lowest BCUT2D eigenvalue weighted by molar-refractivity contribution is -0.148. The number of piperidine rings is 1. The first-order chi connectivity index (χ1) is 11.9. The summed E-state index contributed by atoms with van der Waals surface area (Å²) >= 11 is 0. The first-order valence-corrected chi connectivity index (χ1v) is 9.47. The second-order valence-electron chi connectivity index (χ2n) is 7.94. The molecular weight excluding hydrogens is 320 g/mol. The minimum Gasteiger partial charge on any atom is -0.340 e. The van der Waals surface area contributed by atoms with Gasteiger partial charge in [-0.2, -0.15) is 0 Å². The van der Waals surface area contributed by atoms with E-state index < -0.39 is 0 Å². The largest absolute Gasteiger partial charge is 0.340 e. The number of hydrogen-bond acceptors (Lipinski definition) is 3. The van der Waals surface area contributed by atoms with Crippen LogP contribution in [0.3, 0.4) is 0 Å². The average molecular weight is 350 g/mol. The number of carbonyl (C=O) groups is 3. The molecular formula is C18H30N4O3. The van der Waals surface area contributed by atoms with Crippen LogP contribution in [0.5, 0.6) is 0 Å². The Morgan fingerprint density at radius 1 is 1.16 bits per heavy atom. The quantitative estimate of drug-likeness (QED) is 0.827.